The van der Waals surface area contributed by atoms with E-state index in [0.29, 0.717) is 25.1 Å². The lowest BCUT2D eigenvalue weighted by molar-refractivity contribution is 0.129. The third-order valence-corrected chi connectivity index (χ3v) is 4.00. The Balaban J connectivity index is 1.71. The highest BCUT2D eigenvalue weighted by Crippen LogP contribution is 2.19. The Morgan fingerprint density at radius 2 is 2.16 bits per heavy atom. The number of aryl methyl sites for hydroxylation is 1. The number of carbonyl (C=O) groups excluding carboxylic acids is 1. The van der Waals surface area contributed by atoms with Crippen molar-refractivity contribution in [3.05, 3.63) is 53.5 Å². The first-order valence-electron chi connectivity index (χ1n) is 8.39. The molecule has 0 fully saturated rings. The molecule has 1 aromatic carbocycles. The number of furan rings is 1. The number of nitrogens with one attached hydrogen (secondary N) is 2. The molecule has 3 N–H and O–H groups in total. The van der Waals surface area contributed by atoms with Crippen LogP contribution < -0.4 is 15.4 Å². The standard InChI is InChI=1S/C19H26N2O4/c1-13-6-7-15(12-18(13)24-3)8-9-20-19(23)21-14(2)11-16(22)17-5-4-10-25-17/h4-7,10,12,14,16,22H,8-9,11H2,1-3H3,(H2,20,21,23). The number of aliphatic hydroxyl groups is 1. The molecule has 0 radical (unpaired) electrons. The maximum Gasteiger partial charge on any atom is 0.315 e. The monoisotopic (exact) mass is 346 g/mol. The largest absolute Gasteiger partial charge is 0.496 e. The smallest absolute Gasteiger partial charge is 0.315 e. The summed E-state index contributed by atoms with van der Waals surface area (Å²) in [5, 5.41) is 15.7. The van der Waals surface area contributed by atoms with Crippen LogP contribution >= 0.6 is 0 Å². The summed E-state index contributed by atoms with van der Waals surface area (Å²) in [6.07, 6.45) is 1.89. The average Bonchev–Trinajstić information content (AvgIpc) is 3.10. The molecule has 0 spiro atoms. The highest BCUT2D eigenvalue weighted by atomic mass is 16.5. The first kappa shape index (κ1) is 18.9. The fraction of sp³-hybridized carbons (Fsp3) is 0.421. The highest BCUT2D eigenvalue weighted by molar-refractivity contribution is 5.74. The van der Waals surface area contributed by atoms with Crippen LogP contribution in [0, 0.1) is 6.92 Å². The third kappa shape index (κ3) is 5.83. The van der Waals surface area contributed by atoms with Gasteiger partial charge in [-0.05, 0) is 49.6 Å². The molecule has 0 bridgehead atoms. The molecule has 6 heteroatoms. The molecule has 2 atom stereocenters. The predicted octanol–water partition coefficient (Wildman–Crippen LogP) is 2.95. The van der Waals surface area contributed by atoms with E-state index in [9.17, 15) is 9.90 Å². The fourth-order valence-electron chi connectivity index (χ4n) is 2.61. The van der Waals surface area contributed by atoms with Crippen LogP contribution in [0.1, 0.15) is 36.3 Å². The number of carbonyl (C=O) groups is 1. The number of urea groups is 1. The molecular weight excluding hydrogens is 320 g/mol. The second kappa shape index (κ2) is 9.13. The van der Waals surface area contributed by atoms with E-state index in [1.54, 1.807) is 19.2 Å². The quantitative estimate of drug-likeness (QED) is 0.686. The second-order valence-electron chi connectivity index (χ2n) is 6.12. The van der Waals surface area contributed by atoms with Gasteiger partial charge in [-0.1, -0.05) is 12.1 Å². The summed E-state index contributed by atoms with van der Waals surface area (Å²) < 4.78 is 10.5. The lowest BCUT2D eigenvalue weighted by atomic mass is 10.1. The van der Waals surface area contributed by atoms with Gasteiger partial charge < -0.3 is 24.9 Å². The van der Waals surface area contributed by atoms with Crippen LogP contribution in [0.4, 0.5) is 4.79 Å². The van der Waals surface area contributed by atoms with Gasteiger partial charge >= 0.3 is 6.03 Å². The van der Waals surface area contributed by atoms with Crippen molar-refractivity contribution in [1.82, 2.24) is 10.6 Å². The zero-order valence-corrected chi connectivity index (χ0v) is 14.9. The van der Waals surface area contributed by atoms with Crippen LogP contribution in [-0.4, -0.2) is 30.8 Å². The van der Waals surface area contributed by atoms with Gasteiger partial charge in [-0.15, -0.1) is 0 Å². The van der Waals surface area contributed by atoms with Crippen LogP contribution in [0.15, 0.2) is 41.0 Å². The minimum atomic E-state index is -0.731. The minimum Gasteiger partial charge on any atom is -0.496 e. The van der Waals surface area contributed by atoms with Gasteiger partial charge in [-0.25, -0.2) is 4.79 Å². The summed E-state index contributed by atoms with van der Waals surface area (Å²) in [6, 6.07) is 9.03. The minimum absolute atomic E-state index is 0.181. The normalized spacial score (nSPS) is 13.1. The Kier molecular flexibility index (Phi) is 6.89. The Bertz CT molecular complexity index is 670. The molecule has 2 rings (SSSR count). The number of aliphatic hydroxyl groups excluding tert-OH is 1. The summed E-state index contributed by atoms with van der Waals surface area (Å²) in [4.78, 5) is 11.9. The molecule has 0 saturated heterocycles. The molecule has 0 aliphatic rings. The summed E-state index contributed by atoms with van der Waals surface area (Å²) in [5.41, 5.74) is 2.19. The number of ether oxygens (including phenoxy) is 1. The summed E-state index contributed by atoms with van der Waals surface area (Å²) in [6.45, 7) is 4.36. The molecule has 0 aliphatic heterocycles. The fourth-order valence-corrected chi connectivity index (χ4v) is 2.61. The zero-order chi connectivity index (χ0) is 18.2. The topological polar surface area (TPSA) is 83.7 Å². The summed E-state index contributed by atoms with van der Waals surface area (Å²) in [7, 11) is 1.65. The molecule has 2 aromatic rings. The van der Waals surface area contributed by atoms with E-state index in [4.69, 9.17) is 9.15 Å². The molecule has 0 aliphatic carbocycles. The second-order valence-corrected chi connectivity index (χ2v) is 6.12. The number of amides is 2. The third-order valence-electron chi connectivity index (χ3n) is 4.00. The van der Waals surface area contributed by atoms with Crippen molar-refractivity contribution in [3.63, 3.8) is 0 Å². The van der Waals surface area contributed by atoms with Gasteiger partial charge in [-0.2, -0.15) is 0 Å². The first-order valence-corrected chi connectivity index (χ1v) is 8.39. The molecule has 25 heavy (non-hydrogen) atoms. The maximum atomic E-state index is 11.9. The van der Waals surface area contributed by atoms with Gasteiger partial charge in [-0.3, -0.25) is 0 Å². The van der Waals surface area contributed by atoms with E-state index >= 15 is 0 Å². The molecule has 0 saturated carbocycles. The number of methoxy groups -OCH3 is 1. The predicted molar refractivity (Wildman–Crippen MR) is 95.7 cm³/mol. The van der Waals surface area contributed by atoms with E-state index in [-0.39, 0.29) is 12.1 Å². The Morgan fingerprint density at radius 3 is 2.84 bits per heavy atom. The number of hydrogen-bond donors (Lipinski definition) is 3. The molecule has 6 nitrogen and oxygen atoms in total. The van der Waals surface area contributed by atoms with Crippen molar-refractivity contribution in [3.8, 4) is 5.75 Å². The molecule has 2 amide bonds. The van der Waals surface area contributed by atoms with Crippen molar-refractivity contribution >= 4 is 6.03 Å². The van der Waals surface area contributed by atoms with Crippen molar-refractivity contribution in [2.24, 2.45) is 0 Å². The Morgan fingerprint density at radius 1 is 1.36 bits per heavy atom. The number of rotatable bonds is 8. The zero-order valence-electron chi connectivity index (χ0n) is 14.9. The molecule has 2 unspecified atom stereocenters. The molecule has 1 heterocycles. The molecular formula is C19H26N2O4. The van der Waals surface area contributed by atoms with Gasteiger partial charge in [0, 0.05) is 19.0 Å². The van der Waals surface area contributed by atoms with E-state index < -0.39 is 6.10 Å². The van der Waals surface area contributed by atoms with Crippen molar-refractivity contribution in [2.45, 2.75) is 38.8 Å². The van der Waals surface area contributed by atoms with Crippen LogP contribution in [0.25, 0.3) is 0 Å². The van der Waals surface area contributed by atoms with E-state index in [1.165, 1.54) is 6.26 Å². The van der Waals surface area contributed by atoms with Gasteiger partial charge in [0.2, 0.25) is 0 Å². The van der Waals surface area contributed by atoms with Crippen molar-refractivity contribution in [1.29, 1.82) is 0 Å². The van der Waals surface area contributed by atoms with Crippen LogP contribution in [0.5, 0.6) is 5.75 Å². The lowest BCUT2D eigenvalue weighted by Gasteiger charge is -2.17. The van der Waals surface area contributed by atoms with Gasteiger partial charge in [0.15, 0.2) is 0 Å². The van der Waals surface area contributed by atoms with Gasteiger partial charge in [0.1, 0.15) is 17.6 Å². The van der Waals surface area contributed by atoms with Crippen LogP contribution in [-0.2, 0) is 6.42 Å². The first-order chi connectivity index (χ1) is 12.0. The Labute approximate surface area is 148 Å². The van der Waals surface area contributed by atoms with E-state index in [2.05, 4.69) is 10.6 Å². The van der Waals surface area contributed by atoms with E-state index in [0.717, 1.165) is 16.9 Å². The van der Waals surface area contributed by atoms with Gasteiger partial charge in [0.05, 0.1) is 13.4 Å². The number of hydrogen-bond acceptors (Lipinski definition) is 4. The van der Waals surface area contributed by atoms with E-state index in [1.807, 2.05) is 32.0 Å². The number of benzene rings is 1. The van der Waals surface area contributed by atoms with Crippen LogP contribution in [0.3, 0.4) is 0 Å². The maximum absolute atomic E-state index is 11.9. The summed E-state index contributed by atoms with van der Waals surface area (Å²) >= 11 is 0. The Hall–Kier alpha value is -2.47. The summed E-state index contributed by atoms with van der Waals surface area (Å²) in [5.74, 6) is 1.35. The van der Waals surface area contributed by atoms with Crippen molar-refractivity contribution < 1.29 is 19.1 Å². The molecule has 1 aromatic heterocycles. The SMILES string of the molecule is COc1cc(CCNC(=O)NC(C)CC(O)c2ccco2)ccc1C. The molecule has 136 valence electrons. The lowest BCUT2D eigenvalue weighted by Crippen LogP contribution is -2.42. The van der Waals surface area contributed by atoms with Gasteiger partial charge in [0.25, 0.3) is 0 Å². The van der Waals surface area contributed by atoms with Crippen molar-refractivity contribution in [2.75, 3.05) is 13.7 Å². The van der Waals surface area contributed by atoms with Crippen LogP contribution in [0.2, 0.25) is 0 Å². The highest BCUT2D eigenvalue weighted by Gasteiger charge is 2.16. The average molecular weight is 346 g/mol.